The average molecular weight is 249 g/mol. The van der Waals surface area contributed by atoms with Gasteiger partial charge in [-0.1, -0.05) is 0 Å². The third-order valence-corrected chi connectivity index (χ3v) is 3.87. The van der Waals surface area contributed by atoms with Crippen LogP contribution in [0, 0.1) is 0 Å². The average Bonchev–Trinajstić information content (AvgIpc) is 2.13. The molecule has 0 amide bonds. The SMILES string of the molecule is CC(C)(C)N1BN(C(C)(C)C)BN(C(C)(C)C)B1. The highest BCUT2D eigenvalue weighted by Crippen LogP contribution is 2.24. The van der Waals surface area contributed by atoms with Gasteiger partial charge in [-0.3, -0.25) is 0 Å². The van der Waals surface area contributed by atoms with Crippen molar-refractivity contribution in [3.63, 3.8) is 0 Å². The largest absolute Gasteiger partial charge is 0.359 e. The molecular formula is C12H30B3N3. The minimum Gasteiger partial charge on any atom is -0.359 e. The highest BCUT2D eigenvalue weighted by molar-refractivity contribution is 6.65. The van der Waals surface area contributed by atoms with Crippen LogP contribution in [-0.4, -0.2) is 53.4 Å². The van der Waals surface area contributed by atoms with Crippen LogP contribution in [0.3, 0.4) is 0 Å². The predicted molar refractivity (Wildman–Crippen MR) is 86.2 cm³/mol. The van der Waals surface area contributed by atoms with Crippen LogP contribution >= 0.6 is 0 Å². The van der Waals surface area contributed by atoms with Crippen LogP contribution in [-0.2, 0) is 0 Å². The monoisotopic (exact) mass is 249 g/mol. The van der Waals surface area contributed by atoms with Gasteiger partial charge in [-0.15, -0.1) is 0 Å². The summed E-state index contributed by atoms with van der Waals surface area (Å²) < 4.78 is 7.69. The second kappa shape index (κ2) is 4.88. The first-order chi connectivity index (χ1) is 7.82. The third-order valence-electron chi connectivity index (χ3n) is 3.87. The summed E-state index contributed by atoms with van der Waals surface area (Å²) >= 11 is 0. The van der Waals surface area contributed by atoms with E-state index in [2.05, 4.69) is 76.5 Å². The van der Waals surface area contributed by atoms with Gasteiger partial charge in [-0.05, 0) is 78.9 Å². The van der Waals surface area contributed by atoms with E-state index >= 15 is 0 Å². The maximum absolute atomic E-state index is 2.56. The Balaban J connectivity index is 2.93. The second-order valence-electron chi connectivity index (χ2n) is 8.56. The Morgan fingerprint density at radius 1 is 0.444 bits per heavy atom. The molecule has 0 atom stereocenters. The van der Waals surface area contributed by atoms with Crippen molar-refractivity contribution in [2.24, 2.45) is 0 Å². The standard InChI is InChI=1S/C12H30B3N3/c1-10(2,3)16-13-17(11(4,5)6)15-18(14-16)12(7,8)9/h13-15H,1-9H3. The summed E-state index contributed by atoms with van der Waals surface area (Å²) in [5.74, 6) is 0. The fourth-order valence-electron chi connectivity index (χ4n) is 2.03. The van der Waals surface area contributed by atoms with Crippen molar-refractivity contribution >= 4 is 22.6 Å². The molecule has 0 N–H and O–H groups in total. The third kappa shape index (κ3) is 4.04. The molecule has 1 aliphatic heterocycles. The normalized spacial score (nSPS) is 21.2. The van der Waals surface area contributed by atoms with Crippen molar-refractivity contribution in [2.75, 3.05) is 0 Å². The van der Waals surface area contributed by atoms with Gasteiger partial charge in [0, 0.05) is 0 Å². The van der Waals surface area contributed by atoms with Gasteiger partial charge in [-0.2, -0.15) is 0 Å². The second-order valence-corrected chi connectivity index (χ2v) is 8.56. The van der Waals surface area contributed by atoms with Crippen molar-refractivity contribution in [1.29, 1.82) is 0 Å². The highest BCUT2D eigenvalue weighted by Gasteiger charge is 2.40. The van der Waals surface area contributed by atoms with Gasteiger partial charge in [0.15, 0.2) is 0 Å². The minimum absolute atomic E-state index is 0.216. The van der Waals surface area contributed by atoms with E-state index in [1.54, 1.807) is 0 Å². The lowest BCUT2D eigenvalue weighted by atomic mass is 9.65. The lowest BCUT2D eigenvalue weighted by molar-refractivity contribution is 0.249. The van der Waals surface area contributed by atoms with Gasteiger partial charge in [0.1, 0.15) is 0 Å². The summed E-state index contributed by atoms with van der Waals surface area (Å²) in [7, 11) is 3.17. The molecule has 0 spiro atoms. The number of hydrogen-bond donors (Lipinski definition) is 0. The van der Waals surface area contributed by atoms with Crippen molar-refractivity contribution in [2.45, 2.75) is 78.9 Å². The molecule has 0 radical (unpaired) electrons. The Hall–Kier alpha value is 0.0748. The quantitative estimate of drug-likeness (QED) is 0.595. The molecule has 1 fully saturated rings. The molecule has 1 saturated heterocycles. The number of nitrogens with zero attached hydrogens (tertiary/aromatic N) is 3. The molecule has 0 saturated carbocycles. The van der Waals surface area contributed by atoms with Crippen molar-refractivity contribution in [3.8, 4) is 0 Å². The molecule has 0 unspecified atom stereocenters. The maximum atomic E-state index is 2.56. The predicted octanol–water partition coefficient (Wildman–Crippen LogP) is 1.10. The fraction of sp³-hybridized carbons (Fsp3) is 1.00. The fourth-order valence-corrected chi connectivity index (χ4v) is 2.03. The zero-order valence-electron chi connectivity index (χ0n) is 14.0. The smallest absolute Gasteiger partial charge is 0.271 e. The van der Waals surface area contributed by atoms with Gasteiger partial charge in [-0.25, -0.2) is 0 Å². The maximum Gasteiger partial charge on any atom is 0.271 e. The van der Waals surface area contributed by atoms with Gasteiger partial charge in [0.05, 0.1) is 0 Å². The molecule has 6 heteroatoms. The molecule has 0 aromatic carbocycles. The molecule has 0 bridgehead atoms. The molecule has 0 aromatic rings. The van der Waals surface area contributed by atoms with Crippen LogP contribution in [0.4, 0.5) is 0 Å². The lowest BCUT2D eigenvalue weighted by Gasteiger charge is -2.54. The van der Waals surface area contributed by atoms with Crippen LogP contribution in [0.1, 0.15) is 62.3 Å². The first kappa shape index (κ1) is 16.1. The summed E-state index contributed by atoms with van der Waals surface area (Å²) in [5, 5.41) is 0. The molecule has 1 heterocycles. The summed E-state index contributed by atoms with van der Waals surface area (Å²) in [5.41, 5.74) is 0.647. The summed E-state index contributed by atoms with van der Waals surface area (Å²) in [6.45, 7) is 20.8. The van der Waals surface area contributed by atoms with E-state index in [4.69, 9.17) is 0 Å². The number of rotatable bonds is 0. The Labute approximate surface area is 116 Å². The summed E-state index contributed by atoms with van der Waals surface area (Å²) in [4.78, 5) is 0. The molecule has 18 heavy (non-hydrogen) atoms. The van der Waals surface area contributed by atoms with Crippen LogP contribution in [0.5, 0.6) is 0 Å². The van der Waals surface area contributed by atoms with Crippen LogP contribution < -0.4 is 0 Å². The van der Waals surface area contributed by atoms with Crippen molar-refractivity contribution in [1.82, 2.24) is 14.2 Å². The van der Waals surface area contributed by atoms with E-state index in [0.717, 1.165) is 22.6 Å². The van der Waals surface area contributed by atoms with E-state index in [-0.39, 0.29) is 16.6 Å². The van der Waals surface area contributed by atoms with Crippen LogP contribution in [0.25, 0.3) is 0 Å². The van der Waals surface area contributed by atoms with E-state index in [9.17, 15) is 0 Å². The van der Waals surface area contributed by atoms with Gasteiger partial charge in [0.2, 0.25) is 0 Å². The Bertz CT molecular complexity index is 235. The first-order valence-electron chi connectivity index (χ1n) is 7.07. The molecule has 102 valence electrons. The van der Waals surface area contributed by atoms with Gasteiger partial charge < -0.3 is 14.2 Å². The van der Waals surface area contributed by atoms with Gasteiger partial charge >= 0.3 is 0 Å². The van der Waals surface area contributed by atoms with E-state index in [1.807, 2.05) is 0 Å². The van der Waals surface area contributed by atoms with Crippen molar-refractivity contribution < 1.29 is 0 Å². The zero-order valence-corrected chi connectivity index (χ0v) is 14.0. The molecule has 1 aliphatic rings. The molecule has 0 aromatic heterocycles. The van der Waals surface area contributed by atoms with Crippen LogP contribution in [0.15, 0.2) is 0 Å². The first-order valence-corrected chi connectivity index (χ1v) is 7.07. The highest BCUT2D eigenvalue weighted by atomic mass is 15.3. The van der Waals surface area contributed by atoms with Gasteiger partial charge in [0.25, 0.3) is 22.6 Å². The van der Waals surface area contributed by atoms with Crippen LogP contribution in [0.2, 0.25) is 0 Å². The van der Waals surface area contributed by atoms with Crippen molar-refractivity contribution in [3.05, 3.63) is 0 Å². The van der Waals surface area contributed by atoms with E-state index in [0.29, 0.717) is 0 Å². The minimum atomic E-state index is 0.216. The summed E-state index contributed by atoms with van der Waals surface area (Å²) in [6, 6.07) is 0. The van der Waals surface area contributed by atoms with E-state index < -0.39 is 0 Å². The Morgan fingerprint density at radius 2 is 0.611 bits per heavy atom. The van der Waals surface area contributed by atoms with E-state index in [1.165, 1.54) is 0 Å². The molecule has 0 aliphatic carbocycles. The lowest BCUT2D eigenvalue weighted by Crippen LogP contribution is -2.71. The zero-order chi connectivity index (χ0) is 14.4. The Morgan fingerprint density at radius 3 is 0.722 bits per heavy atom. The number of hydrogen-bond acceptors (Lipinski definition) is 3. The summed E-state index contributed by atoms with van der Waals surface area (Å²) in [6.07, 6.45) is 0. The Kier molecular flexibility index (Phi) is 4.37. The topological polar surface area (TPSA) is 9.72 Å². The molecular weight excluding hydrogens is 219 g/mol. The molecule has 3 nitrogen and oxygen atoms in total. The molecule has 1 rings (SSSR count).